The lowest BCUT2D eigenvalue weighted by molar-refractivity contribution is -0.137. The topological polar surface area (TPSA) is 106 Å². The number of likely N-dealkylation sites (tertiary alicyclic amines) is 1. The first-order valence-electron chi connectivity index (χ1n) is 8.68. The number of aliphatic hydroxyl groups is 1. The van der Waals surface area contributed by atoms with Gasteiger partial charge in [0.2, 0.25) is 5.60 Å². The summed E-state index contributed by atoms with van der Waals surface area (Å²) in [5.41, 5.74) is 2.70. The minimum Gasteiger partial charge on any atom is -0.486 e. The van der Waals surface area contributed by atoms with Gasteiger partial charge in [0.05, 0.1) is 11.3 Å². The summed E-state index contributed by atoms with van der Waals surface area (Å²) in [6.45, 7) is -0.782. The van der Waals surface area contributed by atoms with Crippen LogP contribution in [0.4, 0.5) is 13.2 Å². The second-order valence-corrected chi connectivity index (χ2v) is 7.97. The molecule has 30 heavy (non-hydrogen) atoms. The molecule has 4 rings (SSSR count). The van der Waals surface area contributed by atoms with Gasteiger partial charge in [0.1, 0.15) is 16.4 Å². The van der Waals surface area contributed by atoms with E-state index >= 15 is 0 Å². The molecular formula is C19H14F3N3O4S. The number of rotatable bonds is 1. The van der Waals surface area contributed by atoms with Gasteiger partial charge in [-0.2, -0.15) is 8.78 Å². The number of thiazole rings is 1. The number of nitrogens with two attached hydrogens (primary N) is 1. The number of benzene rings is 1. The third-order valence-corrected chi connectivity index (χ3v) is 6.00. The van der Waals surface area contributed by atoms with Crippen LogP contribution in [0.15, 0.2) is 12.1 Å². The van der Waals surface area contributed by atoms with Gasteiger partial charge >= 0.3 is 5.92 Å². The lowest BCUT2D eigenvalue weighted by atomic mass is 10.0. The summed E-state index contributed by atoms with van der Waals surface area (Å²) >= 11 is 0.435. The molecule has 2 aliphatic rings. The number of carbonyl (C=O) groups is 2. The smallest absolute Gasteiger partial charge is 0.317 e. The molecule has 0 aliphatic carbocycles. The van der Waals surface area contributed by atoms with Crippen molar-refractivity contribution in [3.05, 3.63) is 33.4 Å². The van der Waals surface area contributed by atoms with Crippen molar-refractivity contribution < 1.29 is 32.6 Å². The fourth-order valence-electron chi connectivity index (χ4n) is 3.19. The number of nitrogens with zero attached hydrogens (tertiary/aromatic N) is 2. The van der Waals surface area contributed by atoms with Gasteiger partial charge in [-0.25, -0.2) is 9.37 Å². The van der Waals surface area contributed by atoms with E-state index < -0.39 is 40.6 Å². The second-order valence-electron chi connectivity index (χ2n) is 6.97. The van der Waals surface area contributed by atoms with E-state index in [9.17, 15) is 27.9 Å². The first-order valence-corrected chi connectivity index (χ1v) is 9.50. The summed E-state index contributed by atoms with van der Waals surface area (Å²) in [5.74, 6) is -1.35. The normalized spacial score (nSPS) is 21.8. The molecule has 156 valence electrons. The molecule has 1 fully saturated rings. The third kappa shape index (κ3) is 3.18. The maximum atomic E-state index is 14.5. The highest BCUT2D eigenvalue weighted by molar-refractivity contribution is 7.14. The summed E-state index contributed by atoms with van der Waals surface area (Å²) < 4.78 is 48.6. The zero-order chi connectivity index (χ0) is 21.8. The van der Waals surface area contributed by atoms with Gasteiger partial charge < -0.3 is 20.5 Å². The molecule has 3 heterocycles. The molecule has 1 aromatic carbocycles. The van der Waals surface area contributed by atoms with Gasteiger partial charge in [-0.15, -0.1) is 11.3 Å². The zero-order valence-corrected chi connectivity index (χ0v) is 16.3. The van der Waals surface area contributed by atoms with Crippen LogP contribution in [0, 0.1) is 17.7 Å². The number of carbonyl (C=O) groups excluding carboxylic acids is 2. The second kappa shape index (κ2) is 6.72. The van der Waals surface area contributed by atoms with Crippen LogP contribution in [0.1, 0.15) is 26.7 Å². The molecule has 11 heteroatoms. The van der Waals surface area contributed by atoms with E-state index in [1.54, 1.807) is 0 Å². The Morgan fingerprint density at radius 3 is 2.80 bits per heavy atom. The number of likely N-dealkylation sites (N-methyl/N-ethyl adjacent to an activating group) is 1. The molecule has 1 saturated heterocycles. The largest absolute Gasteiger partial charge is 0.486 e. The first kappa shape index (κ1) is 20.2. The number of aromatic nitrogens is 1. The highest BCUT2D eigenvalue weighted by Gasteiger charge is 2.43. The predicted octanol–water partition coefficient (Wildman–Crippen LogP) is 1.48. The van der Waals surface area contributed by atoms with E-state index in [1.807, 2.05) is 0 Å². The number of amides is 2. The monoisotopic (exact) mass is 437 g/mol. The molecule has 0 radical (unpaired) electrons. The van der Waals surface area contributed by atoms with E-state index in [-0.39, 0.29) is 40.5 Å². The highest BCUT2D eigenvalue weighted by atomic mass is 32.1. The molecule has 3 N–H and O–H groups in total. The Balaban J connectivity index is 1.84. The summed E-state index contributed by atoms with van der Waals surface area (Å²) in [7, 11) is 1.50. The van der Waals surface area contributed by atoms with Gasteiger partial charge in [-0.3, -0.25) is 9.59 Å². The van der Waals surface area contributed by atoms with Gasteiger partial charge in [0, 0.05) is 31.6 Å². The Hall–Kier alpha value is -3.10. The van der Waals surface area contributed by atoms with Crippen LogP contribution in [0.3, 0.4) is 0 Å². The summed E-state index contributed by atoms with van der Waals surface area (Å²) in [4.78, 5) is 28.1. The average Bonchev–Trinajstić information content (AvgIpc) is 3.22. The van der Waals surface area contributed by atoms with E-state index in [0.29, 0.717) is 11.3 Å². The summed E-state index contributed by atoms with van der Waals surface area (Å²) in [6, 6.07) is 2.01. The number of halogens is 3. The van der Waals surface area contributed by atoms with E-state index in [1.165, 1.54) is 11.9 Å². The standard InChI is InChI=1S/C19H14F3N3O4S/c1-25-5-4-18(28,17(25)27)3-2-9-6-10-12(7-11(9)20)29-8-19(21,22)14-13(10)24-16(30-14)15(23)26/h6-7,28H,4-5,8H2,1H3,(H2,23,26). The molecule has 2 amide bonds. The molecule has 0 saturated carbocycles. The van der Waals surface area contributed by atoms with E-state index in [2.05, 4.69) is 16.8 Å². The van der Waals surface area contributed by atoms with Crippen LogP contribution in [0.2, 0.25) is 0 Å². The van der Waals surface area contributed by atoms with Crippen LogP contribution in [-0.4, -0.2) is 52.6 Å². The number of ether oxygens (including phenoxy) is 1. The Morgan fingerprint density at radius 1 is 1.43 bits per heavy atom. The van der Waals surface area contributed by atoms with Crippen molar-refractivity contribution in [2.75, 3.05) is 20.2 Å². The molecule has 1 aromatic heterocycles. The molecule has 2 aromatic rings. The van der Waals surface area contributed by atoms with Crippen molar-refractivity contribution >= 4 is 23.2 Å². The Bertz CT molecular complexity index is 1150. The number of hydrogen-bond acceptors (Lipinski definition) is 6. The molecule has 7 nitrogen and oxygen atoms in total. The van der Waals surface area contributed by atoms with E-state index in [0.717, 1.165) is 12.1 Å². The highest BCUT2D eigenvalue weighted by Crippen LogP contribution is 2.46. The van der Waals surface area contributed by atoms with Crippen LogP contribution in [-0.2, 0) is 10.7 Å². The van der Waals surface area contributed by atoms with Crippen molar-refractivity contribution in [1.82, 2.24) is 9.88 Å². The number of fused-ring (bicyclic) bond motifs is 3. The molecular weight excluding hydrogens is 423 g/mol. The van der Waals surface area contributed by atoms with Crippen molar-refractivity contribution in [2.24, 2.45) is 5.73 Å². The quantitative estimate of drug-likeness (QED) is 0.658. The van der Waals surface area contributed by atoms with Crippen LogP contribution in [0.25, 0.3) is 11.3 Å². The van der Waals surface area contributed by atoms with Crippen molar-refractivity contribution in [3.63, 3.8) is 0 Å². The van der Waals surface area contributed by atoms with E-state index in [4.69, 9.17) is 10.5 Å². The van der Waals surface area contributed by atoms with Crippen molar-refractivity contribution in [3.8, 4) is 28.8 Å². The third-order valence-electron chi connectivity index (χ3n) is 4.82. The Morgan fingerprint density at radius 2 is 2.17 bits per heavy atom. The van der Waals surface area contributed by atoms with Crippen LogP contribution >= 0.6 is 11.3 Å². The van der Waals surface area contributed by atoms with Gasteiger partial charge in [0.25, 0.3) is 11.8 Å². The first-order chi connectivity index (χ1) is 14.0. The van der Waals surface area contributed by atoms with Crippen LogP contribution < -0.4 is 10.5 Å². The molecule has 0 bridgehead atoms. The minimum atomic E-state index is -3.47. The summed E-state index contributed by atoms with van der Waals surface area (Å²) in [5, 5.41) is 10.1. The predicted molar refractivity (Wildman–Crippen MR) is 99.5 cm³/mol. The molecule has 1 atom stereocenters. The number of primary amides is 1. The Labute approximate surface area is 172 Å². The maximum Gasteiger partial charge on any atom is 0.317 e. The lowest BCUT2D eigenvalue weighted by Gasteiger charge is -2.13. The SMILES string of the molecule is CN1CCC(O)(C#Cc2cc3c(cc2F)OCC(F)(F)c2sc(C(N)=O)nc2-3)C1=O. The fraction of sp³-hybridized carbons (Fsp3) is 0.316. The molecule has 1 unspecified atom stereocenters. The molecule has 0 spiro atoms. The van der Waals surface area contributed by atoms with Gasteiger partial charge in [-0.1, -0.05) is 11.8 Å². The lowest BCUT2D eigenvalue weighted by Crippen LogP contribution is -2.37. The van der Waals surface area contributed by atoms with Crippen molar-refractivity contribution in [1.29, 1.82) is 0 Å². The van der Waals surface area contributed by atoms with Crippen molar-refractivity contribution in [2.45, 2.75) is 17.9 Å². The number of alkyl halides is 2. The van der Waals surface area contributed by atoms with Gasteiger partial charge in [0.15, 0.2) is 11.6 Å². The summed E-state index contributed by atoms with van der Waals surface area (Å²) in [6.07, 6.45) is 0.0510. The zero-order valence-electron chi connectivity index (χ0n) is 15.5. The fourth-order valence-corrected chi connectivity index (χ4v) is 4.08. The Kier molecular flexibility index (Phi) is 4.52. The molecule has 2 aliphatic heterocycles. The number of hydrogen-bond donors (Lipinski definition) is 2. The average molecular weight is 437 g/mol. The maximum absolute atomic E-state index is 14.5. The minimum absolute atomic E-state index is 0.00141. The van der Waals surface area contributed by atoms with Crippen LogP contribution in [0.5, 0.6) is 5.75 Å². The van der Waals surface area contributed by atoms with Gasteiger partial charge in [-0.05, 0) is 6.07 Å².